The van der Waals surface area contributed by atoms with Gasteiger partial charge in [-0.1, -0.05) is 20.8 Å². The zero-order valence-electron chi connectivity index (χ0n) is 14.7. The van der Waals surface area contributed by atoms with Crippen molar-refractivity contribution in [3.63, 3.8) is 0 Å². The second kappa shape index (κ2) is 6.28. The van der Waals surface area contributed by atoms with Crippen molar-refractivity contribution in [1.29, 1.82) is 0 Å². The van der Waals surface area contributed by atoms with Gasteiger partial charge in [0.25, 0.3) is 0 Å². The number of nitrogens with one attached hydrogen (secondary N) is 1. The van der Waals surface area contributed by atoms with Crippen LogP contribution in [0.15, 0.2) is 6.07 Å². The molecule has 1 aliphatic heterocycles. The van der Waals surface area contributed by atoms with Gasteiger partial charge in [0.2, 0.25) is 0 Å². The number of carbonyl (C=O) groups excluding carboxylic acids is 1. The van der Waals surface area contributed by atoms with Gasteiger partial charge in [0.05, 0.1) is 11.7 Å². The Morgan fingerprint density at radius 1 is 1.43 bits per heavy atom. The minimum atomic E-state index is -0.829. The molecule has 7 heteroatoms. The lowest BCUT2D eigenvalue weighted by Crippen LogP contribution is -2.59. The summed E-state index contributed by atoms with van der Waals surface area (Å²) in [6, 6.07) is 1.68. The summed E-state index contributed by atoms with van der Waals surface area (Å²) in [6.07, 6.45) is -0.461. The molecular weight excluding hydrogens is 314 g/mol. The SMILES string of the molecule is CC(C)(C)OC(=O)N1CC[C@H]1C(O)Nc1cc(C(C)(C)C)ns1. The molecule has 130 valence electrons. The van der Waals surface area contributed by atoms with Crippen molar-refractivity contribution in [3.8, 4) is 0 Å². The van der Waals surface area contributed by atoms with Crippen molar-refractivity contribution >= 4 is 22.6 Å². The van der Waals surface area contributed by atoms with E-state index in [-0.39, 0.29) is 17.6 Å². The lowest BCUT2D eigenvalue weighted by molar-refractivity contribution is -0.0333. The summed E-state index contributed by atoms with van der Waals surface area (Å²) in [5.41, 5.74) is 0.421. The topological polar surface area (TPSA) is 74.7 Å². The number of carbonyl (C=O) groups is 1. The van der Waals surface area contributed by atoms with Crippen molar-refractivity contribution in [1.82, 2.24) is 9.27 Å². The van der Waals surface area contributed by atoms with E-state index in [1.165, 1.54) is 11.5 Å². The van der Waals surface area contributed by atoms with Crippen LogP contribution >= 0.6 is 11.5 Å². The van der Waals surface area contributed by atoms with Gasteiger partial charge < -0.3 is 20.1 Å². The maximum absolute atomic E-state index is 12.1. The second-order valence-electron chi connectivity index (χ2n) is 7.95. The molecule has 0 aromatic carbocycles. The Hall–Kier alpha value is -1.34. The number of nitrogens with zero attached hydrogens (tertiary/aromatic N) is 2. The van der Waals surface area contributed by atoms with Crippen LogP contribution < -0.4 is 5.32 Å². The average Bonchev–Trinajstić information content (AvgIpc) is 2.72. The number of aromatic nitrogens is 1. The van der Waals surface area contributed by atoms with Gasteiger partial charge in [-0.25, -0.2) is 4.79 Å². The first kappa shape index (κ1) is 18.0. The summed E-state index contributed by atoms with van der Waals surface area (Å²) in [7, 11) is 0. The van der Waals surface area contributed by atoms with Crippen LogP contribution in [-0.4, -0.2) is 44.9 Å². The van der Waals surface area contributed by atoms with E-state index in [0.29, 0.717) is 6.54 Å². The number of likely N-dealkylation sites (tertiary alicyclic amines) is 1. The molecule has 1 fully saturated rings. The van der Waals surface area contributed by atoms with Gasteiger partial charge in [-0.05, 0) is 44.8 Å². The normalized spacial score (nSPS) is 20.0. The van der Waals surface area contributed by atoms with E-state index in [1.54, 1.807) is 4.90 Å². The summed E-state index contributed by atoms with van der Waals surface area (Å²) < 4.78 is 9.77. The van der Waals surface area contributed by atoms with Gasteiger partial charge in [0.15, 0.2) is 0 Å². The van der Waals surface area contributed by atoms with E-state index < -0.39 is 11.8 Å². The van der Waals surface area contributed by atoms with Crippen molar-refractivity contribution in [2.75, 3.05) is 11.9 Å². The van der Waals surface area contributed by atoms with Gasteiger partial charge in [0, 0.05) is 12.0 Å². The third-order valence-corrected chi connectivity index (χ3v) is 4.35. The highest BCUT2D eigenvalue weighted by molar-refractivity contribution is 7.10. The predicted molar refractivity (Wildman–Crippen MR) is 91.8 cm³/mol. The molecular formula is C16H27N3O3S. The fraction of sp³-hybridized carbons (Fsp3) is 0.750. The Morgan fingerprint density at radius 3 is 2.52 bits per heavy atom. The molecule has 1 unspecified atom stereocenters. The minimum absolute atomic E-state index is 0.0274. The molecule has 0 bridgehead atoms. The van der Waals surface area contributed by atoms with Gasteiger partial charge in [-0.3, -0.25) is 0 Å². The Balaban J connectivity index is 1.94. The van der Waals surface area contributed by atoms with Crippen LogP contribution in [0.5, 0.6) is 0 Å². The summed E-state index contributed by atoms with van der Waals surface area (Å²) in [6.45, 7) is 12.4. The van der Waals surface area contributed by atoms with Gasteiger partial charge >= 0.3 is 6.09 Å². The summed E-state index contributed by atoms with van der Waals surface area (Å²) >= 11 is 1.32. The van der Waals surface area contributed by atoms with Crippen LogP contribution in [0.4, 0.5) is 9.80 Å². The van der Waals surface area contributed by atoms with Crippen LogP contribution in [0, 0.1) is 0 Å². The molecule has 0 spiro atoms. The molecule has 2 heterocycles. The Labute approximate surface area is 142 Å². The number of aliphatic hydroxyl groups is 1. The number of amides is 1. The first-order valence-electron chi connectivity index (χ1n) is 7.89. The predicted octanol–water partition coefficient (Wildman–Crippen LogP) is 3.18. The molecule has 6 nitrogen and oxygen atoms in total. The fourth-order valence-corrected chi connectivity index (χ4v) is 3.08. The molecule has 1 aromatic rings. The minimum Gasteiger partial charge on any atom is -0.444 e. The number of hydrogen-bond acceptors (Lipinski definition) is 6. The molecule has 1 aromatic heterocycles. The molecule has 0 saturated carbocycles. The third kappa shape index (κ3) is 4.57. The second-order valence-corrected chi connectivity index (χ2v) is 8.75. The van der Waals surface area contributed by atoms with Crippen LogP contribution in [0.2, 0.25) is 0 Å². The molecule has 1 amide bonds. The number of aliphatic hydroxyl groups excluding tert-OH is 1. The molecule has 0 radical (unpaired) electrons. The highest BCUT2D eigenvalue weighted by Gasteiger charge is 2.39. The Bertz CT molecular complexity index is 560. The molecule has 23 heavy (non-hydrogen) atoms. The van der Waals surface area contributed by atoms with E-state index in [0.717, 1.165) is 17.1 Å². The summed E-state index contributed by atoms with van der Waals surface area (Å²) in [4.78, 5) is 13.7. The standard InChI is InChI=1S/C16H27N3O3S/c1-15(2,3)11-9-12(23-18-11)17-13(20)10-7-8-19(10)14(21)22-16(4,5)6/h9-10,13,17,20H,7-8H2,1-6H3/t10-,13?/m0/s1. The third-order valence-electron chi connectivity index (χ3n) is 3.63. The highest BCUT2D eigenvalue weighted by atomic mass is 32.1. The molecule has 1 aliphatic rings. The lowest BCUT2D eigenvalue weighted by Gasteiger charge is -2.43. The smallest absolute Gasteiger partial charge is 0.410 e. The van der Waals surface area contributed by atoms with E-state index in [4.69, 9.17) is 4.74 Å². The van der Waals surface area contributed by atoms with Gasteiger partial charge in [-0.2, -0.15) is 4.37 Å². The van der Waals surface area contributed by atoms with Crippen molar-refractivity contribution in [2.45, 2.75) is 71.2 Å². The largest absolute Gasteiger partial charge is 0.444 e. The first-order chi connectivity index (χ1) is 10.5. The van der Waals surface area contributed by atoms with Crippen LogP contribution in [0.3, 0.4) is 0 Å². The van der Waals surface area contributed by atoms with Crippen molar-refractivity contribution in [3.05, 3.63) is 11.8 Å². The maximum Gasteiger partial charge on any atom is 0.410 e. The quantitative estimate of drug-likeness (QED) is 0.826. The zero-order chi connectivity index (χ0) is 17.4. The van der Waals surface area contributed by atoms with E-state index in [2.05, 4.69) is 30.5 Å². The number of ether oxygens (including phenoxy) is 1. The van der Waals surface area contributed by atoms with Crippen LogP contribution in [-0.2, 0) is 10.2 Å². The number of rotatable bonds is 3. The van der Waals surface area contributed by atoms with Crippen molar-refractivity contribution in [2.24, 2.45) is 0 Å². The van der Waals surface area contributed by atoms with Gasteiger partial charge in [-0.15, -0.1) is 0 Å². The number of hydrogen-bond donors (Lipinski definition) is 2. The van der Waals surface area contributed by atoms with E-state index >= 15 is 0 Å². The lowest BCUT2D eigenvalue weighted by atomic mass is 9.92. The van der Waals surface area contributed by atoms with Crippen LogP contribution in [0.25, 0.3) is 0 Å². The van der Waals surface area contributed by atoms with Crippen LogP contribution in [0.1, 0.15) is 53.7 Å². The molecule has 2 atom stereocenters. The van der Waals surface area contributed by atoms with Crippen molar-refractivity contribution < 1.29 is 14.6 Å². The fourth-order valence-electron chi connectivity index (χ4n) is 2.22. The zero-order valence-corrected chi connectivity index (χ0v) is 15.5. The van der Waals surface area contributed by atoms with Gasteiger partial charge in [0.1, 0.15) is 16.8 Å². The monoisotopic (exact) mass is 341 g/mol. The Morgan fingerprint density at radius 2 is 2.09 bits per heavy atom. The number of anilines is 1. The molecule has 2 rings (SSSR count). The summed E-state index contributed by atoms with van der Waals surface area (Å²) in [5.74, 6) is 0. The Kier molecular flexibility index (Phi) is 4.92. The average molecular weight is 341 g/mol. The molecule has 1 saturated heterocycles. The maximum atomic E-state index is 12.1. The highest BCUT2D eigenvalue weighted by Crippen LogP contribution is 2.29. The van der Waals surface area contributed by atoms with E-state index in [9.17, 15) is 9.90 Å². The first-order valence-corrected chi connectivity index (χ1v) is 8.66. The molecule has 2 N–H and O–H groups in total. The summed E-state index contributed by atoms with van der Waals surface area (Å²) in [5, 5.41) is 14.2. The molecule has 0 aliphatic carbocycles. The van der Waals surface area contributed by atoms with E-state index in [1.807, 2.05) is 26.8 Å².